The van der Waals surface area contributed by atoms with Gasteiger partial charge in [0.25, 0.3) is 0 Å². The number of carboxylic acid groups (broad SMARTS) is 1. The lowest BCUT2D eigenvalue weighted by Gasteiger charge is -1.96. The van der Waals surface area contributed by atoms with Crippen LogP contribution in [0.1, 0.15) is 12.8 Å². The average molecular weight is 145 g/mol. The Morgan fingerprint density at radius 3 is 2.90 bits per heavy atom. The summed E-state index contributed by atoms with van der Waals surface area (Å²) < 4.78 is 0. The topological polar surface area (TPSA) is 69.6 Å². The molecule has 0 aromatic carbocycles. The van der Waals surface area contributed by atoms with Crippen LogP contribution in [0.15, 0.2) is 0 Å². The second-order valence-electron chi connectivity index (χ2n) is 2.56. The Hall–Kier alpha value is -0.770. The molecule has 1 saturated carbocycles. The van der Waals surface area contributed by atoms with E-state index in [9.17, 15) is 4.79 Å². The molecule has 1 fully saturated rings. The summed E-state index contributed by atoms with van der Waals surface area (Å²) in [4.78, 5) is 10.0. The molecule has 4 nitrogen and oxygen atoms in total. The fourth-order valence-corrected chi connectivity index (χ4v) is 1.07. The number of aliphatic hydroxyl groups is 1. The van der Waals surface area contributed by atoms with Gasteiger partial charge in [0, 0.05) is 12.6 Å². The molecule has 1 amide bonds. The second kappa shape index (κ2) is 2.88. The molecular weight excluding hydrogens is 134 g/mol. The van der Waals surface area contributed by atoms with Crippen molar-refractivity contribution in [2.24, 2.45) is 5.92 Å². The van der Waals surface area contributed by atoms with Gasteiger partial charge in [-0.1, -0.05) is 0 Å². The molecule has 0 heterocycles. The fourth-order valence-electron chi connectivity index (χ4n) is 1.07. The van der Waals surface area contributed by atoms with Crippen molar-refractivity contribution in [3.8, 4) is 0 Å². The summed E-state index contributed by atoms with van der Waals surface area (Å²) >= 11 is 0. The van der Waals surface area contributed by atoms with E-state index in [1.54, 1.807) is 0 Å². The molecule has 0 aromatic rings. The van der Waals surface area contributed by atoms with Gasteiger partial charge in [0.2, 0.25) is 0 Å². The van der Waals surface area contributed by atoms with Crippen molar-refractivity contribution < 1.29 is 15.0 Å². The van der Waals surface area contributed by atoms with Gasteiger partial charge in [0.1, 0.15) is 0 Å². The maximum Gasteiger partial charge on any atom is 0.404 e. The van der Waals surface area contributed by atoms with Crippen molar-refractivity contribution in [1.29, 1.82) is 0 Å². The van der Waals surface area contributed by atoms with E-state index in [0.717, 1.165) is 6.42 Å². The Morgan fingerprint density at radius 2 is 2.40 bits per heavy atom. The van der Waals surface area contributed by atoms with Crippen LogP contribution in [0, 0.1) is 5.92 Å². The molecule has 58 valence electrons. The van der Waals surface area contributed by atoms with Crippen molar-refractivity contribution in [2.75, 3.05) is 6.61 Å². The van der Waals surface area contributed by atoms with Crippen LogP contribution in [0.3, 0.4) is 0 Å². The molecule has 2 atom stereocenters. The first-order chi connectivity index (χ1) is 4.74. The molecule has 1 aliphatic carbocycles. The predicted octanol–water partition coefficient (Wildman–Crippen LogP) is 0.0249. The average Bonchev–Trinajstić information content (AvgIpc) is 2.47. The van der Waals surface area contributed by atoms with Gasteiger partial charge < -0.3 is 15.5 Å². The summed E-state index contributed by atoms with van der Waals surface area (Å²) in [7, 11) is 0. The van der Waals surface area contributed by atoms with Crippen LogP contribution in [-0.2, 0) is 0 Å². The highest BCUT2D eigenvalue weighted by Crippen LogP contribution is 2.32. The van der Waals surface area contributed by atoms with E-state index in [1.807, 2.05) is 0 Å². The largest absolute Gasteiger partial charge is 0.465 e. The summed E-state index contributed by atoms with van der Waals surface area (Å²) in [6, 6.07) is 0.102. The maximum atomic E-state index is 10.0. The normalized spacial score (nSPS) is 29.7. The summed E-state index contributed by atoms with van der Waals surface area (Å²) in [5.41, 5.74) is 0. The number of amides is 1. The molecule has 0 radical (unpaired) electrons. The molecule has 0 aliphatic heterocycles. The van der Waals surface area contributed by atoms with Gasteiger partial charge in [-0.15, -0.1) is 0 Å². The zero-order valence-electron chi connectivity index (χ0n) is 5.58. The first-order valence-electron chi connectivity index (χ1n) is 3.34. The van der Waals surface area contributed by atoms with E-state index in [-0.39, 0.29) is 12.6 Å². The Labute approximate surface area is 58.9 Å². The minimum Gasteiger partial charge on any atom is -0.465 e. The first kappa shape index (κ1) is 7.34. The molecule has 10 heavy (non-hydrogen) atoms. The molecule has 2 unspecified atom stereocenters. The third kappa shape index (κ3) is 1.88. The Kier molecular flexibility index (Phi) is 2.11. The summed E-state index contributed by atoms with van der Waals surface area (Å²) in [6.07, 6.45) is 0.628. The molecule has 1 aliphatic rings. The monoisotopic (exact) mass is 145 g/mol. The maximum absolute atomic E-state index is 10.0. The number of carbonyl (C=O) groups is 1. The number of nitrogens with one attached hydrogen (secondary N) is 1. The highest BCUT2D eigenvalue weighted by atomic mass is 16.4. The molecule has 4 heteroatoms. The van der Waals surface area contributed by atoms with Gasteiger partial charge in [-0.25, -0.2) is 4.79 Å². The molecule has 1 rings (SSSR count). The molecule has 0 bridgehead atoms. The molecule has 3 N–H and O–H groups in total. The minimum atomic E-state index is -0.967. The molecule has 0 spiro atoms. The number of hydrogen-bond donors (Lipinski definition) is 3. The van der Waals surface area contributed by atoms with Gasteiger partial charge >= 0.3 is 6.09 Å². The van der Waals surface area contributed by atoms with Crippen LogP contribution < -0.4 is 5.32 Å². The minimum absolute atomic E-state index is 0.102. The van der Waals surface area contributed by atoms with Gasteiger partial charge in [-0.2, -0.15) is 0 Å². The first-order valence-corrected chi connectivity index (χ1v) is 3.34. The zero-order chi connectivity index (χ0) is 7.56. The Balaban J connectivity index is 2.07. The predicted molar refractivity (Wildman–Crippen MR) is 34.8 cm³/mol. The van der Waals surface area contributed by atoms with Crippen molar-refractivity contribution >= 4 is 6.09 Å². The number of rotatable bonds is 3. The van der Waals surface area contributed by atoms with Gasteiger partial charge in [-0.3, -0.25) is 0 Å². The van der Waals surface area contributed by atoms with E-state index in [2.05, 4.69) is 5.32 Å². The molecule has 0 aromatic heterocycles. The van der Waals surface area contributed by atoms with Crippen molar-refractivity contribution in [3.05, 3.63) is 0 Å². The smallest absolute Gasteiger partial charge is 0.404 e. The molecular formula is C6H11NO3. The van der Waals surface area contributed by atoms with Crippen molar-refractivity contribution in [2.45, 2.75) is 18.9 Å². The van der Waals surface area contributed by atoms with Crippen molar-refractivity contribution in [3.63, 3.8) is 0 Å². The van der Waals surface area contributed by atoms with Crippen LogP contribution >= 0.6 is 0 Å². The van der Waals surface area contributed by atoms with Gasteiger partial charge in [0.05, 0.1) is 0 Å². The summed E-state index contributed by atoms with van der Waals surface area (Å²) in [6.45, 7) is 0.155. The van der Waals surface area contributed by atoms with Crippen LogP contribution in [0.5, 0.6) is 0 Å². The zero-order valence-corrected chi connectivity index (χ0v) is 5.58. The van der Waals surface area contributed by atoms with E-state index < -0.39 is 6.09 Å². The van der Waals surface area contributed by atoms with Crippen LogP contribution in [-0.4, -0.2) is 29.0 Å². The fraction of sp³-hybridized carbons (Fsp3) is 0.833. The van der Waals surface area contributed by atoms with Gasteiger partial charge in [-0.05, 0) is 18.8 Å². The highest BCUT2D eigenvalue weighted by molar-refractivity contribution is 5.65. The van der Waals surface area contributed by atoms with E-state index in [1.165, 1.54) is 0 Å². The van der Waals surface area contributed by atoms with E-state index >= 15 is 0 Å². The summed E-state index contributed by atoms with van der Waals surface area (Å²) in [5, 5.41) is 19.0. The standard InChI is InChI=1S/C6H11NO3/c8-2-1-4-3-5(4)7-6(9)10/h4-5,7-8H,1-3H2,(H,9,10). The lowest BCUT2D eigenvalue weighted by atomic mass is 10.3. The summed E-state index contributed by atoms with van der Waals surface area (Å²) in [5.74, 6) is 0.376. The third-order valence-electron chi connectivity index (χ3n) is 1.73. The quantitative estimate of drug-likeness (QED) is 0.524. The van der Waals surface area contributed by atoms with Crippen LogP contribution in [0.25, 0.3) is 0 Å². The van der Waals surface area contributed by atoms with E-state index in [4.69, 9.17) is 10.2 Å². The Bertz CT molecular complexity index is 137. The lowest BCUT2D eigenvalue weighted by molar-refractivity contribution is 0.192. The third-order valence-corrected chi connectivity index (χ3v) is 1.73. The Morgan fingerprint density at radius 1 is 1.70 bits per heavy atom. The van der Waals surface area contributed by atoms with Crippen molar-refractivity contribution in [1.82, 2.24) is 5.32 Å². The van der Waals surface area contributed by atoms with Gasteiger partial charge in [0.15, 0.2) is 0 Å². The van der Waals surface area contributed by atoms with E-state index in [0.29, 0.717) is 12.3 Å². The van der Waals surface area contributed by atoms with Crippen LogP contribution in [0.2, 0.25) is 0 Å². The lowest BCUT2D eigenvalue weighted by Crippen LogP contribution is -2.24. The number of aliphatic hydroxyl groups excluding tert-OH is 1. The molecule has 0 saturated heterocycles. The SMILES string of the molecule is O=C(O)NC1CC1CCO. The number of hydrogen-bond acceptors (Lipinski definition) is 2. The van der Waals surface area contributed by atoms with Crippen LogP contribution in [0.4, 0.5) is 4.79 Å². The highest BCUT2D eigenvalue weighted by Gasteiger charge is 2.37. The second-order valence-corrected chi connectivity index (χ2v) is 2.56.